The Morgan fingerprint density at radius 1 is 1.33 bits per heavy atom. The van der Waals surface area contributed by atoms with Gasteiger partial charge in [-0.1, -0.05) is 29.8 Å². The van der Waals surface area contributed by atoms with E-state index in [1.807, 2.05) is 48.0 Å². The molecule has 3 aromatic rings. The summed E-state index contributed by atoms with van der Waals surface area (Å²) in [4.78, 5) is 16.6. The summed E-state index contributed by atoms with van der Waals surface area (Å²) >= 11 is 5.93. The average Bonchev–Trinajstić information content (AvgIpc) is 2.87. The van der Waals surface area contributed by atoms with E-state index < -0.39 is 0 Å². The van der Waals surface area contributed by atoms with Gasteiger partial charge < -0.3 is 9.72 Å². The van der Waals surface area contributed by atoms with Gasteiger partial charge in [-0.05, 0) is 30.7 Å². The molecule has 2 heterocycles. The quantitative estimate of drug-likeness (QED) is 0.807. The van der Waals surface area contributed by atoms with Crippen LogP contribution in [-0.4, -0.2) is 15.3 Å². The van der Waals surface area contributed by atoms with Gasteiger partial charge in [-0.15, -0.1) is 0 Å². The first-order valence-corrected chi connectivity index (χ1v) is 6.98. The van der Waals surface area contributed by atoms with E-state index in [-0.39, 0.29) is 5.91 Å². The molecule has 0 bridgehead atoms. The molecule has 0 saturated heterocycles. The number of nitrogens with one attached hydrogen (secondary N) is 1. The fraction of sp³-hybridized carbons (Fsp3) is 0.125. The number of halogens is 1. The van der Waals surface area contributed by atoms with Crippen LogP contribution in [0.15, 0.2) is 48.8 Å². The lowest BCUT2D eigenvalue weighted by atomic mass is 10.1. The van der Waals surface area contributed by atoms with Crippen LogP contribution in [0.1, 0.15) is 21.6 Å². The Kier molecular flexibility index (Phi) is 3.62. The number of hydrogen-bond donors (Lipinski definition) is 1. The zero-order valence-corrected chi connectivity index (χ0v) is 12.3. The van der Waals surface area contributed by atoms with Crippen molar-refractivity contribution in [1.29, 1.82) is 0 Å². The molecule has 0 fully saturated rings. The minimum Gasteiger partial charge on any atom is -0.346 e. The summed E-state index contributed by atoms with van der Waals surface area (Å²) < 4.78 is 1.88. The SMILES string of the molecule is Cc1ccccc1C(=O)NCc1cn2ccc(Cl)cc2n1. The molecule has 1 amide bonds. The lowest BCUT2D eigenvalue weighted by Gasteiger charge is -2.05. The van der Waals surface area contributed by atoms with Gasteiger partial charge in [-0.2, -0.15) is 0 Å². The number of pyridine rings is 1. The maximum Gasteiger partial charge on any atom is 0.251 e. The summed E-state index contributed by atoms with van der Waals surface area (Å²) in [6.07, 6.45) is 3.72. The second kappa shape index (κ2) is 5.58. The average molecular weight is 300 g/mol. The summed E-state index contributed by atoms with van der Waals surface area (Å²) in [7, 11) is 0. The highest BCUT2D eigenvalue weighted by molar-refractivity contribution is 6.30. The van der Waals surface area contributed by atoms with Crippen LogP contribution in [0.3, 0.4) is 0 Å². The van der Waals surface area contributed by atoms with Gasteiger partial charge in [-0.25, -0.2) is 4.98 Å². The predicted octanol–water partition coefficient (Wildman–Crippen LogP) is 3.23. The van der Waals surface area contributed by atoms with Crippen LogP contribution in [0.2, 0.25) is 5.02 Å². The van der Waals surface area contributed by atoms with Crippen LogP contribution in [0.4, 0.5) is 0 Å². The minimum absolute atomic E-state index is 0.0943. The van der Waals surface area contributed by atoms with E-state index in [0.717, 1.165) is 16.9 Å². The summed E-state index contributed by atoms with van der Waals surface area (Å²) in [6, 6.07) is 11.1. The number of fused-ring (bicyclic) bond motifs is 1. The molecule has 21 heavy (non-hydrogen) atoms. The van der Waals surface area contributed by atoms with E-state index in [9.17, 15) is 4.79 Å². The van der Waals surface area contributed by atoms with E-state index in [0.29, 0.717) is 17.1 Å². The molecule has 1 aromatic carbocycles. The van der Waals surface area contributed by atoms with Gasteiger partial charge in [-0.3, -0.25) is 4.79 Å². The Balaban J connectivity index is 1.74. The van der Waals surface area contributed by atoms with Gasteiger partial charge in [0.25, 0.3) is 5.91 Å². The third-order valence-electron chi connectivity index (χ3n) is 3.29. The van der Waals surface area contributed by atoms with Gasteiger partial charge in [0, 0.05) is 23.0 Å². The minimum atomic E-state index is -0.0943. The fourth-order valence-corrected chi connectivity index (χ4v) is 2.34. The van der Waals surface area contributed by atoms with Gasteiger partial charge in [0.2, 0.25) is 0 Å². The van der Waals surface area contributed by atoms with Gasteiger partial charge >= 0.3 is 0 Å². The number of imidazole rings is 1. The first-order chi connectivity index (χ1) is 10.1. The Bertz CT molecular complexity index is 810. The Morgan fingerprint density at radius 2 is 2.14 bits per heavy atom. The second-order valence-electron chi connectivity index (χ2n) is 4.84. The molecule has 0 aliphatic heterocycles. The van der Waals surface area contributed by atoms with Crippen molar-refractivity contribution in [3.05, 3.63) is 70.6 Å². The van der Waals surface area contributed by atoms with Crippen molar-refractivity contribution in [2.75, 3.05) is 0 Å². The van der Waals surface area contributed by atoms with Gasteiger partial charge in [0.05, 0.1) is 12.2 Å². The number of carbonyl (C=O) groups is 1. The van der Waals surface area contributed by atoms with Crippen molar-refractivity contribution in [3.8, 4) is 0 Å². The molecule has 3 rings (SSSR count). The Hall–Kier alpha value is -2.33. The van der Waals surface area contributed by atoms with E-state index in [1.165, 1.54) is 0 Å². The van der Waals surface area contributed by atoms with Crippen molar-refractivity contribution < 1.29 is 4.79 Å². The summed E-state index contributed by atoms with van der Waals surface area (Å²) in [6.45, 7) is 2.30. The third kappa shape index (κ3) is 2.90. The number of carbonyl (C=O) groups excluding carboxylic acids is 1. The second-order valence-corrected chi connectivity index (χ2v) is 5.28. The van der Waals surface area contributed by atoms with E-state index >= 15 is 0 Å². The molecule has 1 N–H and O–H groups in total. The van der Waals surface area contributed by atoms with Crippen LogP contribution in [0.25, 0.3) is 5.65 Å². The molecular formula is C16H14ClN3O. The first-order valence-electron chi connectivity index (χ1n) is 6.60. The van der Waals surface area contributed by atoms with Crippen molar-refractivity contribution >= 4 is 23.2 Å². The first kappa shape index (κ1) is 13.6. The van der Waals surface area contributed by atoms with Crippen LogP contribution in [-0.2, 0) is 6.54 Å². The monoisotopic (exact) mass is 299 g/mol. The number of rotatable bonds is 3. The number of aryl methyl sites for hydroxylation is 1. The molecule has 106 valence electrons. The molecule has 4 nitrogen and oxygen atoms in total. The van der Waals surface area contributed by atoms with Crippen LogP contribution >= 0.6 is 11.6 Å². The van der Waals surface area contributed by atoms with Crippen molar-refractivity contribution in [2.24, 2.45) is 0 Å². The summed E-state index contributed by atoms with van der Waals surface area (Å²) in [5.41, 5.74) is 3.20. The van der Waals surface area contributed by atoms with Crippen LogP contribution in [0, 0.1) is 6.92 Å². The molecule has 0 spiro atoms. The molecule has 0 saturated carbocycles. The Morgan fingerprint density at radius 3 is 2.95 bits per heavy atom. The van der Waals surface area contributed by atoms with Crippen LogP contribution in [0.5, 0.6) is 0 Å². The molecular weight excluding hydrogens is 286 g/mol. The highest BCUT2D eigenvalue weighted by atomic mass is 35.5. The van der Waals surface area contributed by atoms with E-state index in [2.05, 4.69) is 10.3 Å². The van der Waals surface area contributed by atoms with E-state index in [4.69, 9.17) is 11.6 Å². The normalized spacial score (nSPS) is 10.8. The Labute approximate surface area is 127 Å². The predicted molar refractivity (Wildman–Crippen MR) is 82.6 cm³/mol. The van der Waals surface area contributed by atoms with Gasteiger partial charge in [0.1, 0.15) is 5.65 Å². The molecule has 5 heteroatoms. The lowest BCUT2D eigenvalue weighted by Crippen LogP contribution is -2.23. The van der Waals surface area contributed by atoms with Crippen molar-refractivity contribution in [1.82, 2.24) is 14.7 Å². The highest BCUT2D eigenvalue weighted by Gasteiger charge is 2.09. The molecule has 0 aliphatic carbocycles. The number of amides is 1. The third-order valence-corrected chi connectivity index (χ3v) is 3.53. The maximum absolute atomic E-state index is 12.1. The number of hydrogen-bond acceptors (Lipinski definition) is 2. The zero-order chi connectivity index (χ0) is 14.8. The molecule has 2 aromatic heterocycles. The van der Waals surface area contributed by atoms with Crippen LogP contribution < -0.4 is 5.32 Å². The molecule has 0 aliphatic rings. The summed E-state index contributed by atoms with van der Waals surface area (Å²) in [5, 5.41) is 3.53. The zero-order valence-electron chi connectivity index (χ0n) is 11.5. The summed E-state index contributed by atoms with van der Waals surface area (Å²) in [5.74, 6) is -0.0943. The number of nitrogens with zero attached hydrogens (tertiary/aromatic N) is 2. The number of benzene rings is 1. The standard InChI is InChI=1S/C16H14ClN3O/c1-11-4-2-3-5-14(11)16(21)18-9-13-10-20-7-6-12(17)8-15(20)19-13/h2-8,10H,9H2,1H3,(H,18,21). The van der Waals surface area contributed by atoms with Gasteiger partial charge in [0.15, 0.2) is 0 Å². The van der Waals surface area contributed by atoms with E-state index in [1.54, 1.807) is 12.1 Å². The molecule has 0 radical (unpaired) electrons. The largest absolute Gasteiger partial charge is 0.346 e. The van der Waals surface area contributed by atoms with Crippen molar-refractivity contribution in [3.63, 3.8) is 0 Å². The smallest absolute Gasteiger partial charge is 0.251 e. The molecule has 0 atom stereocenters. The fourth-order valence-electron chi connectivity index (χ4n) is 2.19. The number of aromatic nitrogens is 2. The molecule has 0 unspecified atom stereocenters. The maximum atomic E-state index is 12.1. The highest BCUT2D eigenvalue weighted by Crippen LogP contribution is 2.12. The van der Waals surface area contributed by atoms with Crippen molar-refractivity contribution in [2.45, 2.75) is 13.5 Å². The lowest BCUT2D eigenvalue weighted by molar-refractivity contribution is 0.0950. The topological polar surface area (TPSA) is 46.4 Å².